The van der Waals surface area contributed by atoms with Gasteiger partial charge in [0.1, 0.15) is 11.6 Å². The summed E-state index contributed by atoms with van der Waals surface area (Å²) in [5.74, 6) is -0.127. The summed E-state index contributed by atoms with van der Waals surface area (Å²) in [6, 6.07) is 11.5. The lowest BCUT2D eigenvalue weighted by atomic mass is 10.1. The second-order valence-electron chi connectivity index (χ2n) is 6.27. The number of hydrogen-bond acceptors (Lipinski definition) is 6. The van der Waals surface area contributed by atoms with Gasteiger partial charge in [-0.2, -0.15) is 0 Å². The van der Waals surface area contributed by atoms with Crippen LogP contribution in [0.5, 0.6) is 0 Å². The highest BCUT2D eigenvalue weighted by Crippen LogP contribution is 2.28. The number of anilines is 1. The topological polar surface area (TPSA) is 59.5 Å². The van der Waals surface area contributed by atoms with Gasteiger partial charge in [-0.3, -0.25) is 9.59 Å². The maximum Gasteiger partial charge on any atom is 0.310 e. The quantitative estimate of drug-likeness (QED) is 0.582. The van der Waals surface area contributed by atoms with Crippen LogP contribution >= 0.6 is 22.7 Å². The Kier molecular flexibility index (Phi) is 5.31. The number of hydrogen-bond donors (Lipinski definition) is 0. The second kappa shape index (κ2) is 8.02. The minimum Gasteiger partial charge on any atom is -0.459 e. The summed E-state index contributed by atoms with van der Waals surface area (Å²) in [5, 5.41) is 4.88. The number of esters is 1. The molecule has 1 aromatic carbocycles. The highest BCUT2D eigenvalue weighted by atomic mass is 32.1. The number of thiazole rings is 1. The Morgan fingerprint density at radius 1 is 1.19 bits per heavy atom. The molecule has 1 fully saturated rings. The van der Waals surface area contributed by atoms with Gasteiger partial charge in [0.2, 0.25) is 5.91 Å². The molecular weight excluding hydrogens is 380 g/mol. The van der Waals surface area contributed by atoms with Crippen molar-refractivity contribution in [2.24, 2.45) is 0 Å². The van der Waals surface area contributed by atoms with Crippen molar-refractivity contribution in [3.05, 3.63) is 58.4 Å². The molecule has 0 saturated carbocycles. The molecule has 2 aromatic heterocycles. The Bertz CT molecular complexity index is 933. The summed E-state index contributed by atoms with van der Waals surface area (Å²) in [5.41, 5.74) is 2.52. The van der Waals surface area contributed by atoms with Crippen LogP contribution in [0, 0.1) is 0 Å². The van der Waals surface area contributed by atoms with Crippen LogP contribution in [-0.4, -0.2) is 23.4 Å². The average molecular weight is 399 g/mol. The third kappa shape index (κ3) is 4.26. The fourth-order valence-electron chi connectivity index (χ4n) is 2.97. The first-order valence-electron chi connectivity index (χ1n) is 8.72. The van der Waals surface area contributed by atoms with Crippen molar-refractivity contribution in [1.29, 1.82) is 0 Å². The minimum absolute atomic E-state index is 0.160. The molecule has 0 bridgehead atoms. The number of nitrogens with zero attached hydrogens (tertiary/aromatic N) is 2. The molecule has 1 aliphatic rings. The third-order valence-electron chi connectivity index (χ3n) is 4.33. The number of aromatic nitrogens is 1. The molecule has 1 aliphatic heterocycles. The lowest BCUT2D eigenvalue weighted by Crippen LogP contribution is -2.23. The normalized spacial score (nSPS) is 13.9. The van der Waals surface area contributed by atoms with Gasteiger partial charge in [-0.1, -0.05) is 18.2 Å². The van der Waals surface area contributed by atoms with E-state index in [9.17, 15) is 9.59 Å². The molecular formula is C20H18N2O3S2. The summed E-state index contributed by atoms with van der Waals surface area (Å²) in [4.78, 5) is 31.3. The molecule has 1 amide bonds. The van der Waals surface area contributed by atoms with Crippen molar-refractivity contribution < 1.29 is 14.3 Å². The van der Waals surface area contributed by atoms with Crippen molar-refractivity contribution in [3.8, 4) is 9.88 Å². The summed E-state index contributed by atoms with van der Waals surface area (Å²) >= 11 is 3.19. The lowest BCUT2D eigenvalue weighted by Gasteiger charge is -2.15. The zero-order valence-electron chi connectivity index (χ0n) is 14.6. The van der Waals surface area contributed by atoms with E-state index in [-0.39, 0.29) is 24.9 Å². The Labute approximate surface area is 165 Å². The van der Waals surface area contributed by atoms with E-state index < -0.39 is 0 Å². The van der Waals surface area contributed by atoms with Crippen molar-refractivity contribution in [2.75, 3.05) is 11.4 Å². The summed E-state index contributed by atoms with van der Waals surface area (Å²) in [6.45, 7) is 0.947. The van der Waals surface area contributed by atoms with Gasteiger partial charge < -0.3 is 9.64 Å². The molecule has 0 atom stereocenters. The molecule has 0 spiro atoms. The van der Waals surface area contributed by atoms with Crippen LogP contribution in [0.4, 0.5) is 5.69 Å². The molecule has 0 N–H and O–H groups in total. The smallest absolute Gasteiger partial charge is 0.310 e. The van der Waals surface area contributed by atoms with E-state index in [1.807, 2.05) is 47.2 Å². The highest BCUT2D eigenvalue weighted by Gasteiger charge is 2.21. The predicted octanol–water partition coefficient (Wildman–Crippen LogP) is 4.28. The zero-order valence-corrected chi connectivity index (χ0v) is 16.2. The van der Waals surface area contributed by atoms with Crippen LogP contribution in [0.25, 0.3) is 9.88 Å². The van der Waals surface area contributed by atoms with E-state index in [0.717, 1.165) is 39.8 Å². The molecule has 27 heavy (non-hydrogen) atoms. The molecule has 0 aliphatic carbocycles. The number of rotatable bonds is 6. The van der Waals surface area contributed by atoms with Crippen molar-refractivity contribution in [1.82, 2.24) is 4.98 Å². The SMILES string of the molecule is O=C(Cc1ccc(N2CCCC2=O)cc1)OCc1csc(-c2cccs2)n1. The van der Waals surface area contributed by atoms with Crippen molar-refractivity contribution in [2.45, 2.75) is 25.9 Å². The molecule has 0 unspecified atom stereocenters. The Hall–Kier alpha value is -2.51. The molecule has 7 heteroatoms. The Morgan fingerprint density at radius 2 is 2.04 bits per heavy atom. The lowest BCUT2D eigenvalue weighted by molar-refractivity contribution is -0.144. The first kappa shape index (κ1) is 17.9. The Balaban J connectivity index is 1.30. The monoisotopic (exact) mass is 398 g/mol. The van der Waals surface area contributed by atoms with Gasteiger partial charge in [-0.25, -0.2) is 4.98 Å². The third-order valence-corrected chi connectivity index (χ3v) is 6.26. The van der Waals surface area contributed by atoms with Crippen molar-refractivity contribution >= 4 is 40.2 Å². The van der Waals surface area contributed by atoms with E-state index in [1.165, 1.54) is 0 Å². The van der Waals surface area contributed by atoms with Crippen LogP contribution in [0.1, 0.15) is 24.1 Å². The van der Waals surface area contributed by atoms with Crippen LogP contribution in [0.15, 0.2) is 47.2 Å². The Morgan fingerprint density at radius 3 is 2.74 bits per heavy atom. The summed E-state index contributed by atoms with van der Waals surface area (Å²) in [6.07, 6.45) is 1.72. The van der Waals surface area contributed by atoms with Crippen LogP contribution in [0.2, 0.25) is 0 Å². The van der Waals surface area contributed by atoms with E-state index in [2.05, 4.69) is 4.98 Å². The van der Waals surface area contributed by atoms with E-state index in [0.29, 0.717) is 6.42 Å². The fraction of sp³-hybridized carbons (Fsp3) is 0.250. The van der Waals surface area contributed by atoms with Gasteiger partial charge in [0, 0.05) is 24.0 Å². The fourth-order valence-corrected chi connectivity index (χ4v) is 4.59. The van der Waals surface area contributed by atoms with Gasteiger partial charge in [0.05, 0.1) is 17.0 Å². The van der Waals surface area contributed by atoms with Crippen LogP contribution in [-0.2, 0) is 27.4 Å². The van der Waals surface area contributed by atoms with E-state index >= 15 is 0 Å². The van der Waals surface area contributed by atoms with Gasteiger partial charge in [0.15, 0.2) is 0 Å². The van der Waals surface area contributed by atoms with Gasteiger partial charge >= 0.3 is 5.97 Å². The largest absolute Gasteiger partial charge is 0.459 e. The first-order valence-corrected chi connectivity index (χ1v) is 10.5. The van der Waals surface area contributed by atoms with Gasteiger partial charge in [-0.15, -0.1) is 22.7 Å². The van der Waals surface area contributed by atoms with Crippen LogP contribution in [0.3, 0.4) is 0 Å². The predicted molar refractivity (Wildman–Crippen MR) is 107 cm³/mol. The summed E-state index contributed by atoms with van der Waals surface area (Å²) in [7, 11) is 0. The maximum absolute atomic E-state index is 12.1. The molecule has 1 saturated heterocycles. The molecule has 138 valence electrons. The zero-order chi connectivity index (χ0) is 18.6. The molecule has 0 radical (unpaired) electrons. The maximum atomic E-state index is 12.1. The minimum atomic E-state index is -0.286. The number of benzene rings is 1. The number of carbonyl (C=O) groups is 2. The molecule has 3 heterocycles. The average Bonchev–Trinajstić information content (AvgIpc) is 3.42. The molecule has 3 aromatic rings. The number of ether oxygens (including phenoxy) is 1. The van der Waals surface area contributed by atoms with E-state index in [4.69, 9.17) is 4.74 Å². The first-order chi connectivity index (χ1) is 13.2. The van der Waals surface area contributed by atoms with Crippen LogP contribution < -0.4 is 4.90 Å². The van der Waals surface area contributed by atoms with E-state index in [1.54, 1.807) is 27.6 Å². The number of thiophene rings is 1. The standard InChI is InChI=1S/C20H18N2O3S2/c23-18-4-1-9-22(18)16-7-5-14(6-8-16)11-19(24)25-12-15-13-27-20(21-15)17-3-2-10-26-17/h2-3,5-8,10,13H,1,4,9,11-12H2. The molecule has 4 rings (SSSR count). The second-order valence-corrected chi connectivity index (χ2v) is 8.08. The highest BCUT2D eigenvalue weighted by molar-refractivity contribution is 7.20. The summed E-state index contributed by atoms with van der Waals surface area (Å²) < 4.78 is 5.35. The van der Waals surface area contributed by atoms with Crippen molar-refractivity contribution in [3.63, 3.8) is 0 Å². The molecule has 5 nitrogen and oxygen atoms in total. The van der Waals surface area contributed by atoms with Gasteiger partial charge in [0.25, 0.3) is 0 Å². The number of amides is 1. The number of carbonyl (C=O) groups excluding carboxylic acids is 2. The van der Waals surface area contributed by atoms with Gasteiger partial charge in [-0.05, 0) is 35.6 Å².